The van der Waals surface area contributed by atoms with Gasteiger partial charge >= 0.3 is 11.9 Å². The standard InChI is InChI=1S/C24H24F3N9O3/c1-13(36-12-30-19-18(36)21(38)34(3)23(39)33(19)2)20(37)32-17-8-4-6-15(31-17)14-10-28-22(29-11-14)35-9-5-7-16(35)24(25,26)27/h4,6,8,10-13,16H,5,7,9H2,1-3H3,(H,31,32,37)/t13?,16-/m0/s1. The maximum absolute atomic E-state index is 13.3. The fraction of sp³-hybridized carbons (Fsp3) is 0.375. The first-order valence-corrected chi connectivity index (χ1v) is 12.0. The molecule has 4 aromatic rings. The van der Waals surface area contributed by atoms with Crippen molar-refractivity contribution in [2.75, 3.05) is 16.8 Å². The third-order valence-electron chi connectivity index (χ3n) is 6.79. The van der Waals surface area contributed by atoms with E-state index >= 15 is 0 Å². The first-order chi connectivity index (χ1) is 18.5. The van der Waals surface area contributed by atoms with E-state index in [1.807, 2.05) is 0 Å². The highest BCUT2D eigenvalue weighted by atomic mass is 19.4. The molecule has 1 saturated heterocycles. The Bertz CT molecular complexity index is 1670. The Hall–Kier alpha value is -4.56. The molecule has 1 fully saturated rings. The van der Waals surface area contributed by atoms with Crippen molar-refractivity contribution in [2.24, 2.45) is 14.1 Å². The van der Waals surface area contributed by atoms with E-state index in [1.54, 1.807) is 25.1 Å². The maximum Gasteiger partial charge on any atom is 0.408 e. The summed E-state index contributed by atoms with van der Waals surface area (Å²) in [7, 11) is 2.83. The summed E-state index contributed by atoms with van der Waals surface area (Å²) in [5.74, 6) is -0.295. The minimum absolute atomic E-state index is 0.00209. The van der Waals surface area contributed by atoms with Crippen molar-refractivity contribution in [3.63, 3.8) is 0 Å². The van der Waals surface area contributed by atoms with Crippen molar-refractivity contribution in [1.82, 2.24) is 33.6 Å². The van der Waals surface area contributed by atoms with E-state index in [4.69, 9.17) is 0 Å². The Morgan fingerprint density at radius 3 is 2.51 bits per heavy atom. The molecular weight excluding hydrogens is 519 g/mol. The number of anilines is 2. The molecular formula is C24H24F3N9O3. The van der Waals surface area contributed by atoms with E-state index in [2.05, 4.69) is 25.3 Å². The quantitative estimate of drug-likeness (QED) is 0.404. The smallest absolute Gasteiger partial charge is 0.329 e. The van der Waals surface area contributed by atoms with Gasteiger partial charge in [0.1, 0.15) is 17.9 Å². The van der Waals surface area contributed by atoms with Crippen LogP contribution in [0.2, 0.25) is 0 Å². The van der Waals surface area contributed by atoms with Crippen LogP contribution in [0, 0.1) is 0 Å². The van der Waals surface area contributed by atoms with Gasteiger partial charge in [-0.3, -0.25) is 18.7 Å². The highest BCUT2D eigenvalue weighted by molar-refractivity contribution is 5.93. The number of imidazole rings is 1. The van der Waals surface area contributed by atoms with E-state index < -0.39 is 35.4 Å². The minimum atomic E-state index is -4.36. The zero-order valence-corrected chi connectivity index (χ0v) is 21.2. The van der Waals surface area contributed by atoms with Crippen LogP contribution < -0.4 is 21.5 Å². The zero-order chi connectivity index (χ0) is 28.1. The monoisotopic (exact) mass is 543 g/mol. The Balaban J connectivity index is 1.35. The lowest BCUT2D eigenvalue weighted by molar-refractivity contribution is -0.146. The molecule has 1 unspecified atom stereocenters. The highest BCUT2D eigenvalue weighted by Crippen LogP contribution is 2.34. The minimum Gasteiger partial charge on any atom is -0.329 e. The average molecular weight is 544 g/mol. The van der Waals surface area contributed by atoms with Crippen LogP contribution in [0.25, 0.3) is 22.4 Å². The van der Waals surface area contributed by atoms with Crippen LogP contribution in [-0.2, 0) is 18.9 Å². The lowest BCUT2D eigenvalue weighted by atomic mass is 10.2. The molecule has 204 valence electrons. The first-order valence-electron chi connectivity index (χ1n) is 12.0. The van der Waals surface area contributed by atoms with Gasteiger partial charge in [0.2, 0.25) is 11.9 Å². The predicted molar refractivity (Wildman–Crippen MR) is 135 cm³/mol. The molecule has 0 radical (unpaired) electrons. The number of halogens is 3. The van der Waals surface area contributed by atoms with E-state index in [0.717, 1.165) is 9.47 Å². The van der Waals surface area contributed by atoms with Crippen LogP contribution in [0.15, 0.2) is 46.5 Å². The molecule has 0 saturated carbocycles. The zero-order valence-electron chi connectivity index (χ0n) is 21.2. The molecule has 1 aliphatic heterocycles. The number of carbonyl (C=O) groups is 1. The maximum atomic E-state index is 13.3. The molecule has 2 atom stereocenters. The number of hydrogen-bond donors (Lipinski definition) is 1. The van der Waals surface area contributed by atoms with Crippen LogP contribution in [-0.4, -0.2) is 58.3 Å². The number of fused-ring (bicyclic) bond motifs is 1. The molecule has 39 heavy (non-hydrogen) atoms. The molecule has 1 aliphatic rings. The van der Waals surface area contributed by atoms with Gasteiger partial charge in [-0.05, 0) is 31.9 Å². The largest absolute Gasteiger partial charge is 0.408 e. The summed E-state index contributed by atoms with van der Waals surface area (Å²) in [6.07, 6.45) is 0.139. The van der Waals surface area contributed by atoms with Gasteiger partial charge < -0.3 is 14.8 Å². The number of aryl methyl sites for hydroxylation is 1. The number of alkyl halides is 3. The van der Waals surface area contributed by atoms with E-state index in [9.17, 15) is 27.6 Å². The van der Waals surface area contributed by atoms with Gasteiger partial charge in [0.15, 0.2) is 11.2 Å². The molecule has 0 bridgehead atoms. The molecule has 4 aromatic heterocycles. The second-order valence-electron chi connectivity index (χ2n) is 9.27. The van der Waals surface area contributed by atoms with Crippen molar-refractivity contribution < 1.29 is 18.0 Å². The van der Waals surface area contributed by atoms with Gasteiger partial charge in [0, 0.05) is 38.6 Å². The molecule has 5 rings (SSSR count). The highest BCUT2D eigenvalue weighted by Gasteiger charge is 2.46. The number of hydrogen-bond acceptors (Lipinski definition) is 8. The predicted octanol–water partition coefficient (Wildman–Crippen LogP) is 2.02. The lowest BCUT2D eigenvalue weighted by Gasteiger charge is -2.26. The number of aromatic nitrogens is 7. The average Bonchev–Trinajstić information content (AvgIpc) is 3.59. The van der Waals surface area contributed by atoms with Crippen LogP contribution >= 0.6 is 0 Å². The number of amides is 1. The van der Waals surface area contributed by atoms with Crippen LogP contribution in [0.1, 0.15) is 25.8 Å². The topological polar surface area (TPSA) is 133 Å². The Morgan fingerprint density at radius 1 is 1.10 bits per heavy atom. The fourth-order valence-corrected chi connectivity index (χ4v) is 4.63. The van der Waals surface area contributed by atoms with Crippen LogP contribution in [0.4, 0.5) is 24.9 Å². The third kappa shape index (κ3) is 4.64. The molecule has 0 aliphatic carbocycles. The molecule has 0 aromatic carbocycles. The van der Waals surface area contributed by atoms with Crippen LogP contribution in [0.5, 0.6) is 0 Å². The Kier molecular flexibility index (Phi) is 6.44. The molecule has 0 spiro atoms. The SMILES string of the molecule is CC(C(=O)Nc1cccc(-c2cnc(N3CCC[C@H]3C(F)(F)F)nc2)n1)n1cnc2c1c(=O)n(C)c(=O)n2C. The number of nitrogens with zero attached hydrogens (tertiary/aromatic N) is 8. The molecule has 15 heteroatoms. The summed E-state index contributed by atoms with van der Waals surface area (Å²) in [6.45, 7) is 1.79. The van der Waals surface area contributed by atoms with Crippen molar-refractivity contribution in [3.05, 3.63) is 57.8 Å². The first kappa shape index (κ1) is 26.1. The van der Waals surface area contributed by atoms with Gasteiger partial charge in [0.05, 0.1) is 12.0 Å². The second kappa shape index (κ2) is 9.63. The summed E-state index contributed by atoms with van der Waals surface area (Å²) >= 11 is 0. The lowest BCUT2D eigenvalue weighted by Crippen LogP contribution is -2.42. The van der Waals surface area contributed by atoms with Gasteiger partial charge in [-0.1, -0.05) is 6.07 Å². The van der Waals surface area contributed by atoms with E-state index in [0.29, 0.717) is 17.7 Å². The number of rotatable bonds is 5. The summed E-state index contributed by atoms with van der Waals surface area (Å²) in [4.78, 5) is 55.9. The molecule has 1 N–H and O–H groups in total. The number of pyridine rings is 1. The van der Waals surface area contributed by atoms with Crippen molar-refractivity contribution >= 4 is 28.8 Å². The Morgan fingerprint density at radius 2 is 1.82 bits per heavy atom. The van der Waals surface area contributed by atoms with Crippen molar-refractivity contribution in [1.29, 1.82) is 0 Å². The van der Waals surface area contributed by atoms with Gasteiger partial charge in [-0.2, -0.15) is 13.2 Å². The molecule has 5 heterocycles. The van der Waals surface area contributed by atoms with Gasteiger partial charge in [0.25, 0.3) is 5.56 Å². The second-order valence-corrected chi connectivity index (χ2v) is 9.27. The van der Waals surface area contributed by atoms with Gasteiger partial charge in [-0.15, -0.1) is 0 Å². The van der Waals surface area contributed by atoms with Crippen molar-refractivity contribution in [3.8, 4) is 11.3 Å². The molecule has 12 nitrogen and oxygen atoms in total. The fourth-order valence-electron chi connectivity index (χ4n) is 4.63. The summed E-state index contributed by atoms with van der Waals surface area (Å²) < 4.78 is 43.5. The summed E-state index contributed by atoms with van der Waals surface area (Å²) in [5, 5.41) is 2.69. The van der Waals surface area contributed by atoms with E-state index in [-0.39, 0.29) is 35.9 Å². The summed E-state index contributed by atoms with van der Waals surface area (Å²) in [6, 6.07) is 2.37. The molecule has 1 amide bonds. The van der Waals surface area contributed by atoms with Crippen LogP contribution in [0.3, 0.4) is 0 Å². The Labute approximate surface area is 218 Å². The third-order valence-corrected chi connectivity index (χ3v) is 6.79. The van der Waals surface area contributed by atoms with Crippen molar-refractivity contribution in [2.45, 2.75) is 38.0 Å². The van der Waals surface area contributed by atoms with E-state index in [1.165, 1.54) is 42.0 Å². The normalized spacial score (nSPS) is 16.6. The number of nitrogens with one attached hydrogen (secondary N) is 1. The number of carbonyl (C=O) groups excluding carboxylic acids is 1. The van der Waals surface area contributed by atoms with Gasteiger partial charge in [-0.25, -0.2) is 24.7 Å². The summed E-state index contributed by atoms with van der Waals surface area (Å²) in [5.41, 5.74) is -0.0000287.